The van der Waals surface area contributed by atoms with Crippen molar-refractivity contribution < 1.29 is 5.11 Å². The Morgan fingerprint density at radius 2 is 1.75 bits per heavy atom. The predicted molar refractivity (Wildman–Crippen MR) is 68.3 cm³/mol. The van der Waals surface area contributed by atoms with E-state index < -0.39 is 0 Å². The third kappa shape index (κ3) is 2.31. The van der Waals surface area contributed by atoms with Crippen molar-refractivity contribution in [2.24, 2.45) is 0 Å². The number of benzene rings is 2. The molecule has 0 amide bonds. The van der Waals surface area contributed by atoms with E-state index in [1.807, 2.05) is 13.0 Å². The highest BCUT2D eigenvalue weighted by molar-refractivity contribution is 6.35. The zero-order valence-corrected chi connectivity index (χ0v) is 10.2. The van der Waals surface area contributed by atoms with Gasteiger partial charge in [-0.05, 0) is 48.4 Å². The molecule has 0 aliphatic rings. The van der Waals surface area contributed by atoms with Gasteiger partial charge in [0.25, 0.3) is 0 Å². The van der Waals surface area contributed by atoms with Crippen LogP contribution in [-0.4, -0.2) is 5.11 Å². The van der Waals surface area contributed by atoms with E-state index >= 15 is 0 Å². The van der Waals surface area contributed by atoms with Gasteiger partial charge < -0.3 is 5.11 Å². The summed E-state index contributed by atoms with van der Waals surface area (Å²) in [6.45, 7) is 1.92. The fourth-order valence-electron chi connectivity index (χ4n) is 1.64. The Hall–Kier alpha value is -1.18. The van der Waals surface area contributed by atoms with Crippen molar-refractivity contribution in [1.29, 1.82) is 0 Å². The lowest BCUT2D eigenvalue weighted by atomic mass is 10.0. The second kappa shape index (κ2) is 4.36. The molecule has 3 heteroatoms. The molecule has 0 atom stereocenters. The number of phenols is 1. The second-order valence-electron chi connectivity index (χ2n) is 3.68. The molecule has 0 heterocycles. The molecule has 0 fully saturated rings. The molecule has 2 aromatic rings. The van der Waals surface area contributed by atoms with Gasteiger partial charge in [-0.3, -0.25) is 0 Å². The van der Waals surface area contributed by atoms with Gasteiger partial charge in [0.1, 0.15) is 5.75 Å². The summed E-state index contributed by atoms with van der Waals surface area (Å²) in [5.41, 5.74) is 2.67. The molecule has 82 valence electrons. The van der Waals surface area contributed by atoms with Gasteiger partial charge in [-0.15, -0.1) is 0 Å². The van der Waals surface area contributed by atoms with Crippen molar-refractivity contribution in [3.8, 4) is 16.9 Å². The van der Waals surface area contributed by atoms with E-state index in [0.717, 1.165) is 16.7 Å². The summed E-state index contributed by atoms with van der Waals surface area (Å²) in [6.07, 6.45) is 0. The quantitative estimate of drug-likeness (QED) is 0.782. The van der Waals surface area contributed by atoms with Gasteiger partial charge in [0, 0.05) is 15.6 Å². The van der Waals surface area contributed by atoms with Crippen LogP contribution >= 0.6 is 23.2 Å². The first-order valence-electron chi connectivity index (χ1n) is 4.82. The van der Waals surface area contributed by atoms with Crippen molar-refractivity contribution in [3.63, 3.8) is 0 Å². The molecule has 0 aliphatic heterocycles. The van der Waals surface area contributed by atoms with Crippen LogP contribution in [0.15, 0.2) is 36.4 Å². The Bertz CT molecular complexity index is 515. The lowest BCUT2D eigenvalue weighted by Crippen LogP contribution is -1.82. The molecule has 0 aromatic heterocycles. The average molecular weight is 253 g/mol. The third-order valence-corrected chi connectivity index (χ3v) is 2.87. The highest BCUT2D eigenvalue weighted by Gasteiger charge is 2.06. The zero-order valence-electron chi connectivity index (χ0n) is 8.67. The van der Waals surface area contributed by atoms with Crippen molar-refractivity contribution in [3.05, 3.63) is 52.0 Å². The van der Waals surface area contributed by atoms with Crippen LogP contribution in [0.1, 0.15) is 5.56 Å². The van der Waals surface area contributed by atoms with Gasteiger partial charge >= 0.3 is 0 Å². The minimum absolute atomic E-state index is 0.228. The molecule has 0 saturated heterocycles. The third-order valence-electron chi connectivity index (χ3n) is 2.30. The van der Waals surface area contributed by atoms with Crippen molar-refractivity contribution in [1.82, 2.24) is 0 Å². The maximum Gasteiger partial charge on any atom is 0.116 e. The number of hydrogen-bond acceptors (Lipinski definition) is 1. The molecule has 0 bridgehead atoms. The molecule has 1 nitrogen and oxygen atoms in total. The molecule has 2 aromatic carbocycles. The fourth-order valence-corrected chi connectivity index (χ4v) is 2.04. The summed E-state index contributed by atoms with van der Waals surface area (Å²) >= 11 is 12.0. The lowest BCUT2D eigenvalue weighted by molar-refractivity contribution is 0.475. The van der Waals surface area contributed by atoms with Crippen LogP contribution in [0.4, 0.5) is 0 Å². The molecular formula is C13H10Cl2O. The molecule has 0 saturated carbocycles. The smallest absolute Gasteiger partial charge is 0.116 e. The van der Waals surface area contributed by atoms with Gasteiger partial charge in [0.2, 0.25) is 0 Å². The monoisotopic (exact) mass is 252 g/mol. The summed E-state index contributed by atoms with van der Waals surface area (Å²) in [5, 5.41) is 10.8. The van der Waals surface area contributed by atoms with Gasteiger partial charge in [0.05, 0.1) is 0 Å². The van der Waals surface area contributed by atoms with E-state index in [1.165, 1.54) is 0 Å². The zero-order chi connectivity index (χ0) is 11.7. The molecule has 0 radical (unpaired) electrons. The van der Waals surface area contributed by atoms with Crippen molar-refractivity contribution in [2.45, 2.75) is 6.92 Å². The summed E-state index contributed by atoms with van der Waals surface area (Å²) < 4.78 is 0. The predicted octanol–water partition coefficient (Wildman–Crippen LogP) is 4.67. The maximum atomic E-state index is 9.54. The summed E-state index contributed by atoms with van der Waals surface area (Å²) in [4.78, 5) is 0. The molecule has 2 rings (SSSR count). The minimum atomic E-state index is 0.228. The van der Waals surface area contributed by atoms with Crippen LogP contribution in [0.2, 0.25) is 10.0 Å². The summed E-state index contributed by atoms with van der Waals surface area (Å²) in [5.74, 6) is 0.228. The molecule has 0 aliphatic carbocycles. The lowest BCUT2D eigenvalue weighted by Gasteiger charge is -2.07. The van der Waals surface area contributed by atoms with Crippen LogP contribution in [0.25, 0.3) is 11.1 Å². The van der Waals surface area contributed by atoms with E-state index in [1.54, 1.807) is 30.3 Å². The Labute approximate surface area is 104 Å². The Morgan fingerprint density at radius 3 is 2.44 bits per heavy atom. The molecule has 16 heavy (non-hydrogen) atoms. The van der Waals surface area contributed by atoms with Crippen molar-refractivity contribution in [2.75, 3.05) is 0 Å². The van der Waals surface area contributed by atoms with Crippen LogP contribution < -0.4 is 0 Å². The average Bonchev–Trinajstić information content (AvgIpc) is 2.20. The molecular weight excluding hydrogens is 243 g/mol. The van der Waals surface area contributed by atoms with Crippen LogP contribution in [0.5, 0.6) is 5.75 Å². The number of aryl methyl sites for hydroxylation is 1. The molecule has 0 spiro atoms. The Kier molecular flexibility index (Phi) is 3.08. The second-order valence-corrected chi connectivity index (χ2v) is 4.53. The van der Waals surface area contributed by atoms with E-state index in [9.17, 15) is 5.11 Å². The topological polar surface area (TPSA) is 20.2 Å². The number of rotatable bonds is 1. The number of phenolic OH excluding ortho intramolecular Hbond substituents is 1. The largest absolute Gasteiger partial charge is 0.508 e. The number of halogens is 2. The van der Waals surface area contributed by atoms with E-state index in [4.69, 9.17) is 23.2 Å². The highest BCUT2D eigenvalue weighted by atomic mass is 35.5. The number of aromatic hydroxyl groups is 1. The van der Waals surface area contributed by atoms with E-state index in [2.05, 4.69) is 0 Å². The van der Waals surface area contributed by atoms with Gasteiger partial charge in [-0.25, -0.2) is 0 Å². The fraction of sp³-hybridized carbons (Fsp3) is 0.0769. The van der Waals surface area contributed by atoms with Gasteiger partial charge in [-0.2, -0.15) is 0 Å². The molecule has 0 unspecified atom stereocenters. The SMILES string of the molecule is Cc1cc(O)cc(-c2cc(Cl)ccc2Cl)c1. The highest BCUT2D eigenvalue weighted by Crippen LogP contribution is 2.32. The summed E-state index contributed by atoms with van der Waals surface area (Å²) in [7, 11) is 0. The molecule has 1 N–H and O–H groups in total. The van der Waals surface area contributed by atoms with Gasteiger partial charge in [-0.1, -0.05) is 29.3 Å². The van der Waals surface area contributed by atoms with Gasteiger partial charge in [0.15, 0.2) is 0 Å². The van der Waals surface area contributed by atoms with E-state index in [0.29, 0.717) is 10.0 Å². The first-order valence-corrected chi connectivity index (χ1v) is 5.58. The first-order chi connectivity index (χ1) is 7.56. The Morgan fingerprint density at radius 1 is 1.00 bits per heavy atom. The normalized spacial score (nSPS) is 10.4. The maximum absolute atomic E-state index is 9.54. The van der Waals surface area contributed by atoms with Crippen molar-refractivity contribution >= 4 is 23.2 Å². The van der Waals surface area contributed by atoms with E-state index in [-0.39, 0.29) is 5.75 Å². The van der Waals surface area contributed by atoms with Crippen LogP contribution in [0.3, 0.4) is 0 Å². The summed E-state index contributed by atoms with van der Waals surface area (Å²) in [6, 6.07) is 10.6. The minimum Gasteiger partial charge on any atom is -0.508 e. The first kappa shape index (κ1) is 11.3. The Balaban J connectivity index is 2.62. The van der Waals surface area contributed by atoms with Crippen LogP contribution in [-0.2, 0) is 0 Å². The standard InChI is InChI=1S/C13H10Cl2O/c1-8-4-9(6-11(16)5-8)12-7-10(14)2-3-13(12)15/h2-7,16H,1H3. The number of hydrogen-bond donors (Lipinski definition) is 1. The van der Waals surface area contributed by atoms with Crippen LogP contribution in [0, 0.1) is 6.92 Å².